The van der Waals surface area contributed by atoms with E-state index in [1.807, 2.05) is 25.1 Å². The summed E-state index contributed by atoms with van der Waals surface area (Å²) in [5.41, 5.74) is 7.01. The summed E-state index contributed by atoms with van der Waals surface area (Å²) in [5, 5.41) is 3.46. The van der Waals surface area contributed by atoms with Gasteiger partial charge in [0.25, 0.3) is 0 Å². The fourth-order valence-electron chi connectivity index (χ4n) is 1.76. The summed E-state index contributed by atoms with van der Waals surface area (Å²) >= 11 is 0. The highest BCUT2D eigenvalue weighted by Crippen LogP contribution is 2.29. The zero-order valence-corrected chi connectivity index (χ0v) is 11.9. The van der Waals surface area contributed by atoms with Crippen LogP contribution in [0.15, 0.2) is 18.2 Å². The molecule has 102 valence electrons. The van der Waals surface area contributed by atoms with Crippen LogP contribution in [0.2, 0.25) is 0 Å². The summed E-state index contributed by atoms with van der Waals surface area (Å²) in [6, 6.07) is 6.53. The van der Waals surface area contributed by atoms with E-state index >= 15 is 0 Å². The van der Waals surface area contributed by atoms with Gasteiger partial charge < -0.3 is 20.5 Å². The Morgan fingerprint density at radius 2 is 1.67 bits per heavy atom. The molecule has 0 aliphatic heterocycles. The van der Waals surface area contributed by atoms with Crippen molar-refractivity contribution in [1.29, 1.82) is 0 Å². The lowest BCUT2D eigenvalue weighted by molar-refractivity contribution is 0.353. The molecule has 3 unspecified atom stereocenters. The van der Waals surface area contributed by atoms with Crippen molar-refractivity contribution >= 4 is 0 Å². The van der Waals surface area contributed by atoms with E-state index in [1.165, 1.54) is 0 Å². The minimum absolute atomic E-state index is 0.118. The quantitative estimate of drug-likeness (QED) is 0.814. The zero-order chi connectivity index (χ0) is 13.7. The van der Waals surface area contributed by atoms with Crippen LogP contribution in [0.3, 0.4) is 0 Å². The maximum atomic E-state index is 5.86. The van der Waals surface area contributed by atoms with Crippen LogP contribution in [-0.2, 0) is 0 Å². The standard InChI is InChI=1S/C14H24N2O2/c1-9(15)10(2)16-11(3)12-6-7-13(17-4)14(8-12)18-5/h6-11,16H,15H2,1-5H3. The first-order chi connectivity index (χ1) is 8.49. The average Bonchev–Trinajstić information content (AvgIpc) is 2.37. The number of methoxy groups -OCH3 is 2. The van der Waals surface area contributed by atoms with Crippen LogP contribution in [0.4, 0.5) is 0 Å². The molecule has 3 atom stereocenters. The molecule has 4 nitrogen and oxygen atoms in total. The van der Waals surface area contributed by atoms with E-state index in [0.717, 1.165) is 17.1 Å². The van der Waals surface area contributed by atoms with Gasteiger partial charge in [0.2, 0.25) is 0 Å². The Morgan fingerprint density at radius 3 is 2.17 bits per heavy atom. The molecule has 0 amide bonds. The summed E-state index contributed by atoms with van der Waals surface area (Å²) in [6.07, 6.45) is 0. The van der Waals surface area contributed by atoms with E-state index in [4.69, 9.17) is 15.2 Å². The molecule has 0 radical (unpaired) electrons. The molecule has 0 aliphatic rings. The van der Waals surface area contributed by atoms with Gasteiger partial charge in [-0.25, -0.2) is 0 Å². The third-order valence-electron chi connectivity index (χ3n) is 3.21. The third kappa shape index (κ3) is 3.62. The van der Waals surface area contributed by atoms with Gasteiger partial charge in [0, 0.05) is 18.1 Å². The molecule has 0 aliphatic carbocycles. The molecule has 4 heteroatoms. The lowest BCUT2D eigenvalue weighted by Gasteiger charge is -2.23. The number of nitrogens with two attached hydrogens (primary N) is 1. The number of hydrogen-bond donors (Lipinski definition) is 2. The lowest BCUT2D eigenvalue weighted by atomic mass is 10.1. The second-order valence-corrected chi connectivity index (χ2v) is 4.65. The monoisotopic (exact) mass is 252 g/mol. The summed E-state index contributed by atoms with van der Waals surface area (Å²) in [4.78, 5) is 0. The van der Waals surface area contributed by atoms with Crippen LogP contribution in [0.25, 0.3) is 0 Å². The number of hydrogen-bond acceptors (Lipinski definition) is 4. The molecular weight excluding hydrogens is 228 g/mol. The van der Waals surface area contributed by atoms with Crippen LogP contribution in [-0.4, -0.2) is 26.3 Å². The number of ether oxygens (including phenoxy) is 2. The summed E-state index contributed by atoms with van der Waals surface area (Å²) in [7, 11) is 3.28. The maximum Gasteiger partial charge on any atom is 0.161 e. The minimum Gasteiger partial charge on any atom is -0.493 e. The van der Waals surface area contributed by atoms with E-state index in [-0.39, 0.29) is 18.1 Å². The second-order valence-electron chi connectivity index (χ2n) is 4.65. The van der Waals surface area contributed by atoms with Crippen LogP contribution < -0.4 is 20.5 Å². The SMILES string of the molecule is COc1ccc(C(C)NC(C)C(C)N)cc1OC. The Kier molecular flexibility index (Phi) is 5.44. The van der Waals surface area contributed by atoms with Crippen LogP contribution >= 0.6 is 0 Å². The Morgan fingerprint density at radius 1 is 1.06 bits per heavy atom. The van der Waals surface area contributed by atoms with E-state index in [9.17, 15) is 0 Å². The largest absolute Gasteiger partial charge is 0.493 e. The Bertz CT molecular complexity index is 380. The maximum absolute atomic E-state index is 5.86. The molecule has 0 spiro atoms. The average molecular weight is 252 g/mol. The molecule has 1 aromatic carbocycles. The second kappa shape index (κ2) is 6.61. The van der Waals surface area contributed by atoms with Crippen LogP contribution in [0, 0.1) is 0 Å². The van der Waals surface area contributed by atoms with Crippen molar-refractivity contribution in [2.24, 2.45) is 5.73 Å². The topological polar surface area (TPSA) is 56.5 Å². The van der Waals surface area contributed by atoms with Gasteiger partial charge in [-0.05, 0) is 38.5 Å². The molecule has 3 N–H and O–H groups in total. The molecule has 0 heterocycles. The van der Waals surface area contributed by atoms with Crippen molar-refractivity contribution in [2.45, 2.75) is 38.9 Å². The highest BCUT2D eigenvalue weighted by Gasteiger charge is 2.14. The van der Waals surface area contributed by atoms with Gasteiger partial charge in [-0.2, -0.15) is 0 Å². The van der Waals surface area contributed by atoms with Crippen molar-refractivity contribution in [3.05, 3.63) is 23.8 Å². The Labute approximate surface area is 109 Å². The molecule has 0 saturated carbocycles. The molecule has 0 fully saturated rings. The van der Waals surface area contributed by atoms with Gasteiger partial charge in [-0.1, -0.05) is 6.07 Å². The van der Waals surface area contributed by atoms with Crippen molar-refractivity contribution in [3.63, 3.8) is 0 Å². The van der Waals surface area contributed by atoms with Crippen LogP contribution in [0.1, 0.15) is 32.4 Å². The van der Waals surface area contributed by atoms with Crippen molar-refractivity contribution in [3.8, 4) is 11.5 Å². The highest BCUT2D eigenvalue weighted by molar-refractivity contribution is 5.43. The van der Waals surface area contributed by atoms with Gasteiger partial charge in [0.1, 0.15) is 0 Å². The predicted octanol–water partition coefficient (Wildman–Crippen LogP) is 2.09. The first kappa shape index (κ1) is 14.8. The zero-order valence-electron chi connectivity index (χ0n) is 11.9. The molecule has 0 saturated heterocycles. The molecule has 0 aromatic heterocycles. The summed E-state index contributed by atoms with van der Waals surface area (Å²) in [5.74, 6) is 1.49. The van der Waals surface area contributed by atoms with Crippen molar-refractivity contribution in [2.75, 3.05) is 14.2 Å². The van der Waals surface area contributed by atoms with Crippen molar-refractivity contribution < 1.29 is 9.47 Å². The smallest absolute Gasteiger partial charge is 0.161 e. The van der Waals surface area contributed by atoms with E-state index < -0.39 is 0 Å². The van der Waals surface area contributed by atoms with Gasteiger partial charge in [0.05, 0.1) is 14.2 Å². The van der Waals surface area contributed by atoms with Gasteiger partial charge in [0.15, 0.2) is 11.5 Å². The highest BCUT2D eigenvalue weighted by atomic mass is 16.5. The van der Waals surface area contributed by atoms with Crippen molar-refractivity contribution in [1.82, 2.24) is 5.32 Å². The van der Waals surface area contributed by atoms with Gasteiger partial charge in [-0.3, -0.25) is 0 Å². The summed E-state index contributed by atoms with van der Waals surface area (Å²) in [6.45, 7) is 6.20. The fourth-order valence-corrected chi connectivity index (χ4v) is 1.76. The molecule has 1 rings (SSSR count). The number of benzene rings is 1. The van der Waals surface area contributed by atoms with Gasteiger partial charge >= 0.3 is 0 Å². The first-order valence-electron chi connectivity index (χ1n) is 6.23. The van der Waals surface area contributed by atoms with E-state index in [1.54, 1.807) is 14.2 Å². The third-order valence-corrected chi connectivity index (χ3v) is 3.21. The number of nitrogens with one attached hydrogen (secondary N) is 1. The Hall–Kier alpha value is -1.26. The molecule has 1 aromatic rings. The Balaban J connectivity index is 2.83. The van der Waals surface area contributed by atoms with E-state index in [2.05, 4.69) is 19.2 Å². The normalized spacial score (nSPS) is 15.9. The predicted molar refractivity (Wildman–Crippen MR) is 74.2 cm³/mol. The first-order valence-corrected chi connectivity index (χ1v) is 6.23. The molecule has 0 bridgehead atoms. The van der Waals surface area contributed by atoms with Crippen LogP contribution in [0.5, 0.6) is 11.5 Å². The van der Waals surface area contributed by atoms with Gasteiger partial charge in [-0.15, -0.1) is 0 Å². The lowest BCUT2D eigenvalue weighted by Crippen LogP contribution is -2.41. The summed E-state index contributed by atoms with van der Waals surface area (Å²) < 4.78 is 10.5. The molecule has 18 heavy (non-hydrogen) atoms. The fraction of sp³-hybridized carbons (Fsp3) is 0.571. The number of rotatable bonds is 6. The van der Waals surface area contributed by atoms with E-state index in [0.29, 0.717) is 0 Å². The minimum atomic E-state index is 0.118. The molecular formula is C14H24N2O2.